The number of aryl methyl sites for hydroxylation is 1. The predicted octanol–water partition coefficient (Wildman–Crippen LogP) is 3.71. The van der Waals surface area contributed by atoms with Crippen molar-refractivity contribution in [1.82, 2.24) is 0 Å². The van der Waals surface area contributed by atoms with E-state index in [4.69, 9.17) is 27.9 Å². The van der Waals surface area contributed by atoms with E-state index in [1.165, 1.54) is 25.3 Å². The van der Waals surface area contributed by atoms with E-state index in [0.717, 1.165) is 6.07 Å². The zero-order valence-corrected chi connectivity index (χ0v) is 25.4. The van der Waals surface area contributed by atoms with Gasteiger partial charge in [0.1, 0.15) is 11.4 Å². The van der Waals surface area contributed by atoms with Crippen molar-refractivity contribution in [2.24, 2.45) is 10.2 Å². The van der Waals surface area contributed by atoms with Crippen LogP contribution in [-0.2, 0) is 16.5 Å². The van der Waals surface area contributed by atoms with Crippen LogP contribution in [0.25, 0.3) is 10.8 Å². The van der Waals surface area contributed by atoms with Crippen molar-refractivity contribution in [1.29, 1.82) is 0 Å². The minimum absolute atomic E-state index is 0. The Bertz CT molecular complexity index is 1710. The van der Waals surface area contributed by atoms with E-state index < -0.39 is 26.7 Å². The molecule has 0 radical (unpaired) electrons. The Morgan fingerprint density at radius 2 is 1.79 bits per heavy atom. The van der Waals surface area contributed by atoms with Gasteiger partial charge < -0.3 is 15.2 Å². The fourth-order valence-electron chi connectivity index (χ4n) is 3.72. The number of hydrogen-bond acceptors (Lipinski definition) is 7. The summed E-state index contributed by atoms with van der Waals surface area (Å²) in [6.45, 7) is 1.75. The monoisotopic (exact) mass is 595 g/mol. The standard InChI is InChI=1S/C26H21Cl2N3O6S.Na/c1-3-14-10-17(38(34,35)36)13-22(23(14)28)30-31-24-18-7-5-4-6-15(18)11-19(25(24)32)26(33)29-21-12-16(37-2)8-9-20(21)27;/h4-13,32H,3H2,1-2H3,(H,29,33)(H,34,35,36);/q;+1/p-1. The minimum Gasteiger partial charge on any atom is -0.870 e. The van der Waals surface area contributed by atoms with E-state index in [9.17, 15) is 22.9 Å². The Balaban J connectivity index is 0.00000420. The van der Waals surface area contributed by atoms with Crippen LogP contribution in [0.2, 0.25) is 10.0 Å². The van der Waals surface area contributed by atoms with Crippen molar-refractivity contribution in [3.05, 3.63) is 81.8 Å². The largest absolute Gasteiger partial charge is 1.00 e. The number of rotatable bonds is 7. The summed E-state index contributed by atoms with van der Waals surface area (Å²) in [6, 6.07) is 15.2. The van der Waals surface area contributed by atoms with Crippen molar-refractivity contribution in [2.75, 3.05) is 12.4 Å². The molecular weight excluding hydrogens is 576 g/mol. The minimum atomic E-state index is -4.55. The predicted molar refractivity (Wildman–Crippen MR) is 144 cm³/mol. The first-order valence-corrected chi connectivity index (χ1v) is 13.3. The van der Waals surface area contributed by atoms with E-state index >= 15 is 0 Å². The van der Waals surface area contributed by atoms with Crippen LogP contribution in [0, 0.1) is 0 Å². The van der Waals surface area contributed by atoms with Gasteiger partial charge in [0.15, 0.2) is 0 Å². The summed E-state index contributed by atoms with van der Waals surface area (Å²) in [5, 5.41) is 25.5. The van der Waals surface area contributed by atoms with Crippen molar-refractivity contribution >= 4 is 67.1 Å². The normalized spacial score (nSPS) is 11.4. The number of fused-ring (bicyclic) bond motifs is 1. The second-order valence-corrected chi connectivity index (χ2v) is 10.3. The summed E-state index contributed by atoms with van der Waals surface area (Å²) in [4.78, 5) is 12.7. The first kappa shape index (κ1) is 30.8. The van der Waals surface area contributed by atoms with E-state index in [1.54, 1.807) is 43.3 Å². The van der Waals surface area contributed by atoms with Gasteiger partial charge in [-0.2, -0.15) is 13.5 Å². The molecule has 0 heterocycles. The maximum atomic E-state index is 13.4. The molecule has 0 fully saturated rings. The molecule has 0 aromatic heterocycles. The Kier molecular flexibility index (Phi) is 10.0. The molecule has 0 bridgehead atoms. The van der Waals surface area contributed by atoms with Gasteiger partial charge in [-0.1, -0.05) is 60.1 Å². The third kappa shape index (κ3) is 6.72. The van der Waals surface area contributed by atoms with Gasteiger partial charge in [0.25, 0.3) is 16.0 Å². The van der Waals surface area contributed by atoms with Crippen LogP contribution in [0.15, 0.2) is 75.8 Å². The topological polar surface area (TPSA) is 140 Å². The number of nitrogens with zero attached hydrogens (tertiary/aromatic N) is 2. The number of methoxy groups -OCH3 is 1. The van der Waals surface area contributed by atoms with Gasteiger partial charge in [-0.15, -0.1) is 5.11 Å². The number of halogens is 2. The molecule has 1 amide bonds. The Morgan fingerprint density at radius 3 is 2.46 bits per heavy atom. The second-order valence-electron chi connectivity index (χ2n) is 8.07. The summed E-state index contributed by atoms with van der Waals surface area (Å²) >= 11 is 12.6. The molecule has 0 unspecified atom stereocenters. The number of carbonyl (C=O) groups is 1. The first-order valence-electron chi connectivity index (χ1n) is 11.1. The van der Waals surface area contributed by atoms with Crippen LogP contribution in [0.4, 0.5) is 17.1 Å². The maximum Gasteiger partial charge on any atom is 1.00 e. The van der Waals surface area contributed by atoms with E-state index in [1.807, 2.05) is 0 Å². The molecule has 13 heteroatoms. The number of hydrogen-bond donors (Lipinski definition) is 2. The summed E-state index contributed by atoms with van der Waals surface area (Å²) in [5.74, 6) is -0.996. The van der Waals surface area contributed by atoms with Gasteiger partial charge in [-0.05, 0) is 47.7 Å². The van der Waals surface area contributed by atoms with E-state index in [2.05, 4.69) is 15.5 Å². The van der Waals surface area contributed by atoms with Crippen LogP contribution in [0.3, 0.4) is 0 Å². The van der Waals surface area contributed by atoms with Crippen molar-refractivity contribution in [3.63, 3.8) is 0 Å². The zero-order chi connectivity index (χ0) is 27.6. The molecule has 0 spiro atoms. The quantitative estimate of drug-likeness (QED) is 0.189. The summed E-state index contributed by atoms with van der Waals surface area (Å²) < 4.78 is 38.1. The van der Waals surface area contributed by atoms with Crippen LogP contribution in [0.1, 0.15) is 22.8 Å². The third-order valence-corrected chi connectivity index (χ3v) is 7.28. The number of anilines is 1. The number of azo groups is 1. The molecule has 4 aromatic rings. The van der Waals surface area contributed by atoms with Gasteiger partial charge in [0.05, 0.1) is 33.4 Å². The molecule has 2 N–H and O–H groups in total. The molecule has 4 aromatic carbocycles. The van der Waals surface area contributed by atoms with Gasteiger partial charge in [-0.3, -0.25) is 9.35 Å². The Hall–Kier alpha value is -2.70. The Labute approximate surface area is 256 Å². The zero-order valence-electron chi connectivity index (χ0n) is 21.0. The molecule has 39 heavy (non-hydrogen) atoms. The molecule has 0 aliphatic carbocycles. The summed E-state index contributed by atoms with van der Waals surface area (Å²) in [7, 11) is -3.09. The van der Waals surface area contributed by atoms with Gasteiger partial charge >= 0.3 is 29.6 Å². The fraction of sp³-hybridized carbons (Fsp3) is 0.115. The van der Waals surface area contributed by atoms with Crippen LogP contribution in [0.5, 0.6) is 11.5 Å². The molecular formula is C26H20Cl2N3NaO6S. The summed E-state index contributed by atoms with van der Waals surface area (Å²) in [5.41, 5.74) is 0.207. The van der Waals surface area contributed by atoms with Gasteiger partial charge in [-0.25, -0.2) is 0 Å². The number of amides is 1. The molecule has 0 atom stereocenters. The van der Waals surface area contributed by atoms with Crippen LogP contribution < -0.4 is 44.7 Å². The molecule has 196 valence electrons. The van der Waals surface area contributed by atoms with Gasteiger partial charge in [0, 0.05) is 17.0 Å². The van der Waals surface area contributed by atoms with Gasteiger partial charge in [0.2, 0.25) is 0 Å². The van der Waals surface area contributed by atoms with Crippen molar-refractivity contribution in [3.8, 4) is 11.5 Å². The number of carbonyl (C=O) groups excluding carboxylic acids is 1. The average Bonchev–Trinajstić information content (AvgIpc) is 2.89. The molecule has 0 saturated carbocycles. The second kappa shape index (κ2) is 12.6. The molecule has 0 saturated heterocycles. The molecule has 0 aliphatic heterocycles. The summed E-state index contributed by atoms with van der Waals surface area (Å²) in [6.07, 6.45) is 0.350. The van der Waals surface area contributed by atoms with Crippen LogP contribution >= 0.6 is 23.2 Å². The van der Waals surface area contributed by atoms with Crippen molar-refractivity contribution in [2.45, 2.75) is 18.2 Å². The smallest absolute Gasteiger partial charge is 0.870 e. The van der Waals surface area contributed by atoms with E-state index in [0.29, 0.717) is 28.5 Å². The average molecular weight is 596 g/mol. The molecule has 9 nitrogen and oxygen atoms in total. The molecule has 0 aliphatic rings. The fourth-order valence-corrected chi connectivity index (χ4v) is 4.71. The number of ether oxygens (including phenoxy) is 1. The third-order valence-electron chi connectivity index (χ3n) is 5.68. The van der Waals surface area contributed by atoms with Crippen LogP contribution in [-0.4, -0.2) is 26.0 Å². The first-order chi connectivity index (χ1) is 18.0. The SMILES string of the molecule is CCc1cc(S(=O)(=O)O)cc(N=Nc2c([O-])c(C(=O)Nc3cc(OC)ccc3Cl)cc3ccccc23)c1Cl.[Na+]. The number of benzene rings is 4. The Morgan fingerprint density at radius 1 is 1.08 bits per heavy atom. The number of nitrogens with one attached hydrogen (secondary N) is 1. The maximum absolute atomic E-state index is 13.4. The van der Waals surface area contributed by atoms with Crippen molar-refractivity contribution < 1.29 is 57.2 Å². The molecule has 4 rings (SSSR count). The van der Waals surface area contributed by atoms with E-state index in [-0.39, 0.29) is 62.2 Å².